The minimum Gasteiger partial charge on any atom is -0.454 e. The lowest BCUT2D eigenvalue weighted by Crippen LogP contribution is -2.41. The van der Waals surface area contributed by atoms with Crippen molar-refractivity contribution in [1.82, 2.24) is 4.90 Å². The number of allylic oxidation sites excluding steroid dienone is 1. The van der Waals surface area contributed by atoms with Gasteiger partial charge in [0.2, 0.25) is 6.79 Å². The molecule has 1 saturated heterocycles. The van der Waals surface area contributed by atoms with Gasteiger partial charge in [0.1, 0.15) is 0 Å². The van der Waals surface area contributed by atoms with E-state index in [9.17, 15) is 0 Å². The van der Waals surface area contributed by atoms with Gasteiger partial charge in [0, 0.05) is 15.7 Å². The first-order valence-electron chi connectivity index (χ1n) is 7.78. The summed E-state index contributed by atoms with van der Waals surface area (Å²) in [5.74, 6) is 1.79. The molecular weight excluding hydrogens is 377 g/mol. The van der Waals surface area contributed by atoms with Crippen LogP contribution in [0.5, 0.6) is 11.5 Å². The molecule has 1 atom stereocenters. The van der Waals surface area contributed by atoms with Crippen molar-refractivity contribution in [2.45, 2.75) is 37.6 Å². The van der Waals surface area contributed by atoms with E-state index in [1.807, 2.05) is 0 Å². The van der Waals surface area contributed by atoms with Gasteiger partial charge in [0.05, 0.1) is 0 Å². The molecule has 1 fully saturated rings. The van der Waals surface area contributed by atoms with Crippen molar-refractivity contribution >= 4 is 22.6 Å². The number of likely N-dealkylation sites (tertiary alicyclic amines) is 1. The molecule has 0 N–H and O–H groups in total. The van der Waals surface area contributed by atoms with Crippen LogP contribution in [0, 0.1) is 3.57 Å². The highest BCUT2D eigenvalue weighted by molar-refractivity contribution is 14.1. The van der Waals surface area contributed by atoms with Gasteiger partial charge in [0.25, 0.3) is 0 Å². The molecule has 0 amide bonds. The lowest BCUT2D eigenvalue weighted by Gasteiger charge is -2.34. The van der Waals surface area contributed by atoms with Crippen LogP contribution < -0.4 is 9.47 Å². The van der Waals surface area contributed by atoms with Crippen molar-refractivity contribution in [3.63, 3.8) is 0 Å². The first-order chi connectivity index (χ1) is 10.3. The molecule has 0 unspecified atom stereocenters. The van der Waals surface area contributed by atoms with Gasteiger partial charge < -0.3 is 9.47 Å². The Kier molecular flexibility index (Phi) is 3.61. The zero-order chi connectivity index (χ0) is 14.3. The van der Waals surface area contributed by atoms with E-state index in [2.05, 4.69) is 51.8 Å². The molecule has 0 saturated carbocycles. The second-order valence-electron chi connectivity index (χ2n) is 6.18. The van der Waals surface area contributed by atoms with E-state index in [1.54, 1.807) is 0 Å². The molecule has 0 aromatic heterocycles. The third-order valence-corrected chi connectivity index (χ3v) is 6.04. The molecule has 112 valence electrons. The molecule has 4 rings (SSSR count). The highest BCUT2D eigenvalue weighted by Crippen LogP contribution is 2.39. The molecular formula is C17H20INO2. The largest absolute Gasteiger partial charge is 0.454 e. The van der Waals surface area contributed by atoms with Crippen LogP contribution >= 0.6 is 22.6 Å². The Labute approximate surface area is 139 Å². The van der Waals surface area contributed by atoms with E-state index >= 15 is 0 Å². The fourth-order valence-corrected chi connectivity index (χ4v) is 4.60. The number of fused-ring (bicyclic) bond motifs is 1. The SMILES string of the molecule is Ic1cc2c(cc1CCN1CCC[C@@]13C=CCC3)OCO2. The summed E-state index contributed by atoms with van der Waals surface area (Å²) in [6, 6.07) is 4.27. The minimum atomic E-state index is 0.356. The molecule has 1 aromatic rings. The van der Waals surface area contributed by atoms with Crippen LogP contribution in [0.15, 0.2) is 24.3 Å². The molecule has 1 spiro atoms. The maximum Gasteiger partial charge on any atom is 0.231 e. The summed E-state index contributed by atoms with van der Waals surface area (Å²) in [5, 5.41) is 0. The van der Waals surface area contributed by atoms with Gasteiger partial charge in [-0.1, -0.05) is 12.2 Å². The summed E-state index contributed by atoms with van der Waals surface area (Å²) in [7, 11) is 0. The highest BCUT2D eigenvalue weighted by Gasteiger charge is 2.39. The number of hydrogen-bond donors (Lipinski definition) is 0. The summed E-state index contributed by atoms with van der Waals surface area (Å²) < 4.78 is 12.2. The van der Waals surface area contributed by atoms with E-state index in [1.165, 1.54) is 41.4 Å². The summed E-state index contributed by atoms with van der Waals surface area (Å²) in [6.45, 7) is 2.74. The van der Waals surface area contributed by atoms with Gasteiger partial charge >= 0.3 is 0 Å². The van der Waals surface area contributed by atoms with E-state index in [0.717, 1.165) is 24.5 Å². The maximum atomic E-state index is 5.51. The first kappa shape index (κ1) is 13.9. The summed E-state index contributed by atoms with van der Waals surface area (Å²) in [6.07, 6.45) is 11.1. The van der Waals surface area contributed by atoms with Crippen LogP contribution in [0.25, 0.3) is 0 Å². The Morgan fingerprint density at radius 3 is 2.86 bits per heavy atom. The number of halogens is 1. The summed E-state index contributed by atoms with van der Waals surface area (Å²) >= 11 is 2.41. The molecule has 0 radical (unpaired) electrons. The van der Waals surface area contributed by atoms with E-state index in [-0.39, 0.29) is 0 Å². The zero-order valence-electron chi connectivity index (χ0n) is 12.1. The monoisotopic (exact) mass is 397 g/mol. The Hall–Kier alpha value is -0.750. The number of benzene rings is 1. The Morgan fingerprint density at radius 2 is 2.05 bits per heavy atom. The van der Waals surface area contributed by atoms with Crippen LogP contribution in [0.2, 0.25) is 0 Å². The van der Waals surface area contributed by atoms with Gasteiger partial charge in [-0.15, -0.1) is 0 Å². The van der Waals surface area contributed by atoms with Crippen LogP contribution in [0.3, 0.4) is 0 Å². The quantitative estimate of drug-likeness (QED) is 0.573. The van der Waals surface area contributed by atoms with Crippen LogP contribution in [-0.4, -0.2) is 30.3 Å². The van der Waals surface area contributed by atoms with Gasteiger partial charge in [-0.2, -0.15) is 0 Å². The van der Waals surface area contributed by atoms with Crippen molar-refractivity contribution in [3.8, 4) is 11.5 Å². The molecule has 1 aromatic carbocycles. The molecule has 21 heavy (non-hydrogen) atoms. The predicted octanol–water partition coefficient (Wildman–Crippen LogP) is 3.75. The second kappa shape index (κ2) is 5.47. The molecule has 4 heteroatoms. The number of hydrogen-bond acceptors (Lipinski definition) is 3. The lowest BCUT2D eigenvalue weighted by molar-refractivity contribution is 0.174. The van der Waals surface area contributed by atoms with Crippen molar-refractivity contribution in [3.05, 3.63) is 33.4 Å². The minimum absolute atomic E-state index is 0.356. The van der Waals surface area contributed by atoms with E-state index in [0.29, 0.717) is 12.3 Å². The van der Waals surface area contributed by atoms with Crippen molar-refractivity contribution in [1.29, 1.82) is 0 Å². The lowest BCUT2D eigenvalue weighted by atomic mass is 9.95. The van der Waals surface area contributed by atoms with E-state index < -0.39 is 0 Å². The number of ether oxygens (including phenoxy) is 2. The summed E-state index contributed by atoms with van der Waals surface area (Å²) in [5.41, 5.74) is 1.76. The van der Waals surface area contributed by atoms with Gasteiger partial charge in [-0.25, -0.2) is 0 Å². The van der Waals surface area contributed by atoms with Crippen molar-refractivity contribution in [2.75, 3.05) is 19.9 Å². The number of rotatable bonds is 3. The molecule has 3 aliphatic rings. The normalized spacial score (nSPS) is 27.1. The molecule has 2 heterocycles. The van der Waals surface area contributed by atoms with Gasteiger partial charge in [0.15, 0.2) is 11.5 Å². The summed E-state index contributed by atoms with van der Waals surface area (Å²) in [4.78, 5) is 2.69. The maximum absolute atomic E-state index is 5.51. The number of nitrogens with zero attached hydrogens (tertiary/aromatic N) is 1. The van der Waals surface area contributed by atoms with Gasteiger partial charge in [-0.05, 0) is 78.9 Å². The highest BCUT2D eigenvalue weighted by atomic mass is 127. The molecule has 1 aliphatic carbocycles. The van der Waals surface area contributed by atoms with Gasteiger partial charge in [-0.3, -0.25) is 4.90 Å². The average Bonchev–Trinajstić information content (AvgIpc) is 3.19. The fraction of sp³-hybridized carbons (Fsp3) is 0.529. The fourth-order valence-electron chi connectivity index (χ4n) is 3.89. The smallest absolute Gasteiger partial charge is 0.231 e. The zero-order valence-corrected chi connectivity index (χ0v) is 14.3. The van der Waals surface area contributed by atoms with Crippen LogP contribution in [-0.2, 0) is 6.42 Å². The standard InChI is InChI=1S/C17H20INO2/c18-14-11-16-15(20-12-21-16)10-13(14)4-9-19-8-3-7-17(19)5-1-2-6-17/h1,5,10-11H,2-4,6-9,12H2/t17-/m0/s1. The third kappa shape index (κ3) is 2.46. The Bertz CT molecular complexity index is 586. The molecule has 2 aliphatic heterocycles. The predicted molar refractivity (Wildman–Crippen MR) is 90.9 cm³/mol. The van der Waals surface area contributed by atoms with E-state index in [4.69, 9.17) is 9.47 Å². The van der Waals surface area contributed by atoms with Crippen molar-refractivity contribution < 1.29 is 9.47 Å². The molecule has 0 bridgehead atoms. The van der Waals surface area contributed by atoms with Crippen LogP contribution in [0.4, 0.5) is 0 Å². The van der Waals surface area contributed by atoms with Crippen LogP contribution in [0.1, 0.15) is 31.2 Å². The second-order valence-corrected chi connectivity index (χ2v) is 7.34. The third-order valence-electron chi connectivity index (χ3n) is 5.03. The van der Waals surface area contributed by atoms with Crippen molar-refractivity contribution in [2.24, 2.45) is 0 Å². The Balaban J connectivity index is 1.48. The molecule has 3 nitrogen and oxygen atoms in total. The average molecular weight is 397 g/mol. The topological polar surface area (TPSA) is 21.7 Å². The first-order valence-corrected chi connectivity index (χ1v) is 8.86. The Morgan fingerprint density at radius 1 is 1.19 bits per heavy atom.